The highest BCUT2D eigenvalue weighted by Gasteiger charge is 2.54. The Morgan fingerprint density at radius 1 is 1.06 bits per heavy atom. The minimum absolute atomic E-state index is 0.267. The van der Waals surface area contributed by atoms with Crippen molar-refractivity contribution in [3.63, 3.8) is 0 Å². The van der Waals surface area contributed by atoms with E-state index >= 15 is 0 Å². The van der Waals surface area contributed by atoms with E-state index in [4.69, 9.17) is 16.3 Å². The van der Waals surface area contributed by atoms with Crippen LogP contribution in [-0.4, -0.2) is 34.6 Å². The number of fused-ring (bicyclic) bond motifs is 3. The van der Waals surface area contributed by atoms with Crippen LogP contribution in [0.1, 0.15) is 74.0 Å². The monoisotopic (exact) mass is 522 g/mol. The molecule has 1 atom stereocenters. The minimum atomic E-state index is -4.69. The Morgan fingerprint density at radius 2 is 1.69 bits per heavy atom. The molecule has 1 unspecified atom stereocenters. The fourth-order valence-corrected chi connectivity index (χ4v) is 5.72. The van der Waals surface area contributed by atoms with Crippen LogP contribution in [0.15, 0.2) is 48.5 Å². The number of carbonyl (C=O) groups excluding carboxylic acids is 2. The maximum atomic E-state index is 13.4. The predicted octanol–water partition coefficient (Wildman–Crippen LogP) is 7.01. The van der Waals surface area contributed by atoms with Crippen molar-refractivity contribution in [3.8, 4) is 0 Å². The van der Waals surface area contributed by atoms with Crippen LogP contribution in [-0.2, 0) is 10.9 Å². The number of carbonyl (C=O) groups is 2. The van der Waals surface area contributed by atoms with Crippen LogP contribution in [0, 0.1) is 5.92 Å². The number of amides is 2. The van der Waals surface area contributed by atoms with Crippen LogP contribution in [0.3, 0.4) is 0 Å². The molecule has 194 valence electrons. The minimum Gasteiger partial charge on any atom is -0.444 e. The highest BCUT2D eigenvalue weighted by molar-refractivity contribution is 6.34. The lowest BCUT2D eigenvalue weighted by atomic mass is 9.65. The summed E-state index contributed by atoms with van der Waals surface area (Å²) in [5.41, 5.74) is -2.08. The third-order valence-corrected chi connectivity index (χ3v) is 7.46. The van der Waals surface area contributed by atoms with Crippen LogP contribution in [0.25, 0.3) is 0 Å². The number of benzene rings is 2. The summed E-state index contributed by atoms with van der Waals surface area (Å²) >= 11 is 6.07. The quantitative estimate of drug-likeness (QED) is 0.470. The fourth-order valence-electron chi connectivity index (χ4n) is 5.40. The van der Waals surface area contributed by atoms with Crippen LogP contribution in [0.4, 0.5) is 18.0 Å². The van der Waals surface area contributed by atoms with Crippen molar-refractivity contribution in [3.05, 3.63) is 70.2 Å². The Morgan fingerprint density at radius 3 is 2.28 bits per heavy atom. The van der Waals surface area contributed by atoms with E-state index in [-0.39, 0.29) is 5.56 Å². The Hall–Kier alpha value is -2.74. The molecule has 5 nitrogen and oxygen atoms in total. The molecule has 0 spiro atoms. The molecule has 1 aliphatic carbocycles. The van der Waals surface area contributed by atoms with E-state index in [0.717, 1.165) is 30.5 Å². The van der Waals surface area contributed by atoms with Gasteiger partial charge in [0.05, 0.1) is 27.7 Å². The Kier molecular flexibility index (Phi) is 7.03. The molecule has 2 aliphatic heterocycles. The first-order valence-corrected chi connectivity index (χ1v) is 12.4. The number of hydrogen-bond donors (Lipinski definition) is 1. The first kappa shape index (κ1) is 26.3. The van der Waals surface area contributed by atoms with Gasteiger partial charge in [-0.25, -0.2) is 4.79 Å². The Balaban J connectivity index is 1.75. The van der Waals surface area contributed by atoms with Gasteiger partial charge in [-0.2, -0.15) is 13.2 Å². The predicted molar refractivity (Wildman–Crippen MR) is 131 cm³/mol. The molecule has 9 heteroatoms. The zero-order valence-electron chi connectivity index (χ0n) is 20.5. The van der Waals surface area contributed by atoms with Gasteiger partial charge < -0.3 is 10.1 Å². The van der Waals surface area contributed by atoms with Gasteiger partial charge in [0.15, 0.2) is 0 Å². The molecular weight excluding hydrogens is 493 g/mol. The smallest absolute Gasteiger partial charge is 0.417 e. The van der Waals surface area contributed by atoms with Gasteiger partial charge in [-0.05, 0) is 70.1 Å². The number of nitrogens with one attached hydrogen (secondary N) is 1. The van der Waals surface area contributed by atoms with E-state index in [1.54, 1.807) is 25.7 Å². The second-order valence-corrected chi connectivity index (χ2v) is 11.0. The SMILES string of the molecule is CC(C)(C)OC(=O)N1CC2CCC1(C(NC(=O)c1cccc(C(F)(F)F)c1Cl)c1ccccc1)CC2. The maximum Gasteiger partial charge on any atom is 0.417 e. The van der Waals surface area contributed by atoms with Crippen molar-refractivity contribution in [2.24, 2.45) is 5.92 Å². The standard InChI is InChI=1S/C27H30ClF3N2O3/c1-25(2,3)36-24(35)33-16-17-12-14-26(33,15-13-17)22(18-8-5-4-6-9-18)32-23(34)19-10-7-11-20(21(19)28)27(29,30)31/h4-11,17,22H,12-16H2,1-3H3,(H,32,34). The molecule has 5 rings (SSSR count). The lowest BCUT2D eigenvalue weighted by Crippen LogP contribution is -2.66. The van der Waals surface area contributed by atoms with Crippen LogP contribution in [0.5, 0.6) is 0 Å². The lowest BCUT2D eigenvalue weighted by Gasteiger charge is -2.57. The molecule has 2 heterocycles. The molecule has 1 saturated carbocycles. The van der Waals surface area contributed by atoms with Crippen LogP contribution in [0.2, 0.25) is 5.02 Å². The van der Waals surface area contributed by atoms with Crippen molar-refractivity contribution in [1.29, 1.82) is 0 Å². The summed E-state index contributed by atoms with van der Waals surface area (Å²) in [6.45, 7) is 5.89. The van der Waals surface area contributed by atoms with E-state index in [1.807, 2.05) is 30.3 Å². The third-order valence-electron chi connectivity index (χ3n) is 7.06. The van der Waals surface area contributed by atoms with Crippen molar-refractivity contribution >= 4 is 23.6 Å². The second kappa shape index (κ2) is 9.61. The van der Waals surface area contributed by atoms with Gasteiger partial charge >= 0.3 is 12.3 Å². The summed E-state index contributed by atoms with van der Waals surface area (Å²) in [6, 6.07) is 11.8. The topological polar surface area (TPSA) is 58.6 Å². The Bertz CT molecular complexity index is 1120. The summed E-state index contributed by atoms with van der Waals surface area (Å²) in [5.74, 6) is -0.393. The first-order chi connectivity index (χ1) is 16.8. The number of rotatable bonds is 4. The fraction of sp³-hybridized carbons (Fsp3) is 0.481. The molecular formula is C27H30ClF3N2O3. The van der Waals surface area contributed by atoms with Crippen LogP contribution < -0.4 is 5.32 Å². The molecule has 3 aliphatic rings. The summed E-state index contributed by atoms with van der Waals surface area (Å²) in [4.78, 5) is 28.5. The molecule has 2 bridgehead atoms. The molecule has 0 radical (unpaired) electrons. The number of ether oxygens (including phenoxy) is 1. The summed E-state index contributed by atoms with van der Waals surface area (Å²) in [6.07, 6.45) is -2.13. The molecule has 2 saturated heterocycles. The van der Waals surface area contributed by atoms with Crippen molar-refractivity contribution in [2.75, 3.05) is 6.54 Å². The zero-order chi connectivity index (χ0) is 26.3. The van der Waals surface area contributed by atoms with E-state index < -0.39 is 45.9 Å². The van der Waals surface area contributed by atoms with E-state index in [2.05, 4.69) is 5.32 Å². The van der Waals surface area contributed by atoms with Crippen molar-refractivity contribution in [1.82, 2.24) is 10.2 Å². The lowest BCUT2D eigenvalue weighted by molar-refractivity contribution is -0.137. The highest BCUT2D eigenvalue weighted by atomic mass is 35.5. The largest absolute Gasteiger partial charge is 0.444 e. The summed E-state index contributed by atoms with van der Waals surface area (Å²) in [5, 5.41) is 2.31. The zero-order valence-corrected chi connectivity index (χ0v) is 21.2. The van der Waals surface area contributed by atoms with Gasteiger partial charge in [0.2, 0.25) is 0 Å². The summed E-state index contributed by atoms with van der Waals surface area (Å²) in [7, 11) is 0. The molecule has 2 amide bonds. The molecule has 3 fully saturated rings. The number of nitrogens with zero attached hydrogens (tertiary/aromatic N) is 1. The van der Waals surface area contributed by atoms with E-state index in [9.17, 15) is 22.8 Å². The van der Waals surface area contributed by atoms with Gasteiger partial charge in [0, 0.05) is 6.54 Å². The average molecular weight is 523 g/mol. The number of alkyl halides is 3. The van der Waals surface area contributed by atoms with Crippen LogP contribution >= 0.6 is 11.6 Å². The summed E-state index contributed by atoms with van der Waals surface area (Å²) < 4.78 is 46.0. The van der Waals surface area contributed by atoms with Crippen molar-refractivity contribution < 1.29 is 27.5 Å². The van der Waals surface area contributed by atoms with Gasteiger partial charge in [0.25, 0.3) is 5.91 Å². The van der Waals surface area contributed by atoms with E-state index in [1.165, 1.54) is 6.07 Å². The number of hydrogen-bond acceptors (Lipinski definition) is 3. The Labute approximate surface area is 213 Å². The van der Waals surface area contributed by atoms with Gasteiger partial charge in [-0.3, -0.25) is 9.69 Å². The highest BCUT2D eigenvalue weighted by Crippen LogP contribution is 2.50. The molecule has 0 aromatic heterocycles. The normalized spacial score (nSPS) is 22.8. The maximum absolute atomic E-state index is 13.4. The number of piperidine rings is 2. The van der Waals surface area contributed by atoms with E-state index in [0.29, 0.717) is 25.3 Å². The van der Waals surface area contributed by atoms with Gasteiger partial charge in [-0.1, -0.05) is 48.0 Å². The van der Waals surface area contributed by atoms with Gasteiger partial charge in [-0.15, -0.1) is 0 Å². The van der Waals surface area contributed by atoms with Gasteiger partial charge in [0.1, 0.15) is 5.60 Å². The first-order valence-electron chi connectivity index (χ1n) is 12.0. The number of halogens is 4. The molecule has 2 aromatic carbocycles. The molecule has 2 aromatic rings. The molecule has 1 N–H and O–H groups in total. The third kappa shape index (κ3) is 5.19. The second-order valence-electron chi connectivity index (χ2n) is 10.6. The molecule has 36 heavy (non-hydrogen) atoms. The van der Waals surface area contributed by atoms with Crippen molar-refractivity contribution in [2.45, 2.75) is 69.8 Å². The average Bonchev–Trinajstić information content (AvgIpc) is 2.81.